The summed E-state index contributed by atoms with van der Waals surface area (Å²) < 4.78 is 0. The third-order valence-corrected chi connectivity index (χ3v) is 2.71. The molecule has 1 heterocycles. The van der Waals surface area contributed by atoms with E-state index in [9.17, 15) is 4.79 Å². The highest BCUT2D eigenvalue weighted by Crippen LogP contribution is 2.22. The van der Waals surface area contributed by atoms with Gasteiger partial charge in [0, 0.05) is 12.1 Å². The number of carbonyl (C=O) groups excluding carboxylic acids is 1. The molecule has 14 heavy (non-hydrogen) atoms. The van der Waals surface area contributed by atoms with E-state index in [1.807, 2.05) is 0 Å². The lowest BCUT2D eigenvalue weighted by Gasteiger charge is -2.23. The highest BCUT2D eigenvalue weighted by Gasteiger charge is 2.28. The van der Waals surface area contributed by atoms with E-state index in [1.165, 1.54) is 0 Å². The Bertz CT molecular complexity index is 237. The van der Waals surface area contributed by atoms with Crippen LogP contribution in [0.4, 0.5) is 0 Å². The van der Waals surface area contributed by atoms with Gasteiger partial charge in [0.15, 0.2) is 5.96 Å². The van der Waals surface area contributed by atoms with Crippen molar-refractivity contribution in [3.8, 4) is 0 Å². The second-order valence-electron chi connectivity index (χ2n) is 3.88. The summed E-state index contributed by atoms with van der Waals surface area (Å²) in [6.07, 6.45) is 2.27. The predicted octanol–water partition coefficient (Wildman–Crippen LogP) is -0.341. The maximum Gasteiger partial charge on any atom is 0.263 e. The number of rotatable bonds is 2. The highest BCUT2D eigenvalue weighted by molar-refractivity contribution is 5.92. The van der Waals surface area contributed by atoms with Crippen LogP contribution in [0.5, 0.6) is 0 Å². The van der Waals surface area contributed by atoms with Crippen LogP contribution >= 0.6 is 0 Å². The Labute approximate surface area is 84.1 Å². The van der Waals surface area contributed by atoms with Crippen LogP contribution < -0.4 is 11.5 Å². The number of guanidine groups is 1. The molecule has 1 aliphatic rings. The van der Waals surface area contributed by atoms with Crippen LogP contribution in [-0.2, 0) is 4.79 Å². The second-order valence-corrected chi connectivity index (χ2v) is 3.88. The topological polar surface area (TPSA) is 84.7 Å². The van der Waals surface area contributed by atoms with Crippen molar-refractivity contribution in [2.75, 3.05) is 6.54 Å². The number of amides is 1. The summed E-state index contributed by atoms with van der Waals surface area (Å²) in [5.74, 6) is -0.417. The molecule has 1 saturated heterocycles. The predicted molar refractivity (Wildman–Crippen MR) is 55.7 cm³/mol. The largest absolute Gasteiger partial charge is 0.370 e. The molecule has 1 fully saturated rings. The molecule has 0 unspecified atom stereocenters. The Morgan fingerprint density at radius 1 is 1.36 bits per heavy atom. The Balaban J connectivity index is 2.51. The lowest BCUT2D eigenvalue weighted by atomic mass is 10.2. The van der Waals surface area contributed by atoms with Crippen LogP contribution in [0.25, 0.3) is 0 Å². The average Bonchev–Trinajstić information content (AvgIpc) is 2.34. The number of carbonyl (C=O) groups is 1. The van der Waals surface area contributed by atoms with Crippen LogP contribution in [0, 0.1) is 0 Å². The van der Waals surface area contributed by atoms with E-state index in [0.29, 0.717) is 18.6 Å². The molecule has 1 amide bonds. The Morgan fingerprint density at radius 2 is 1.86 bits per heavy atom. The first-order valence-corrected chi connectivity index (χ1v) is 4.89. The van der Waals surface area contributed by atoms with E-state index < -0.39 is 0 Å². The molecule has 0 aromatic heterocycles. The molecule has 4 N–H and O–H groups in total. The number of hydrogen-bond donors (Lipinski definition) is 2. The molecular weight excluding hydrogens is 180 g/mol. The molecule has 5 nitrogen and oxygen atoms in total. The zero-order valence-electron chi connectivity index (χ0n) is 8.73. The van der Waals surface area contributed by atoms with Gasteiger partial charge in [-0.15, -0.1) is 0 Å². The van der Waals surface area contributed by atoms with E-state index >= 15 is 0 Å². The second kappa shape index (κ2) is 4.41. The SMILES string of the molecule is C[C@H]1CC[C@H](C)N1CC(=O)N=C(N)N. The molecule has 1 rings (SSSR count). The lowest BCUT2D eigenvalue weighted by molar-refractivity contribution is -0.119. The van der Waals surface area contributed by atoms with Crippen molar-refractivity contribution in [2.24, 2.45) is 16.5 Å². The Kier molecular flexibility index (Phi) is 3.46. The molecule has 2 atom stereocenters. The molecule has 0 radical (unpaired) electrons. The summed E-state index contributed by atoms with van der Waals surface area (Å²) in [5.41, 5.74) is 10.3. The van der Waals surface area contributed by atoms with Crippen molar-refractivity contribution < 1.29 is 4.79 Å². The number of aliphatic imine (C=N–C) groups is 1. The van der Waals surface area contributed by atoms with Crippen molar-refractivity contribution in [1.29, 1.82) is 0 Å². The minimum absolute atomic E-state index is 0.158. The summed E-state index contributed by atoms with van der Waals surface area (Å²) >= 11 is 0. The third-order valence-electron chi connectivity index (χ3n) is 2.71. The lowest BCUT2D eigenvalue weighted by Crippen LogP contribution is -2.37. The van der Waals surface area contributed by atoms with E-state index in [2.05, 4.69) is 23.7 Å². The first-order valence-electron chi connectivity index (χ1n) is 4.89. The number of hydrogen-bond acceptors (Lipinski definition) is 2. The van der Waals surface area contributed by atoms with Gasteiger partial charge in [0.1, 0.15) is 0 Å². The van der Waals surface area contributed by atoms with Gasteiger partial charge in [-0.1, -0.05) is 0 Å². The van der Waals surface area contributed by atoms with Crippen LogP contribution in [0.2, 0.25) is 0 Å². The van der Waals surface area contributed by atoms with Crippen LogP contribution in [0.15, 0.2) is 4.99 Å². The minimum Gasteiger partial charge on any atom is -0.370 e. The van der Waals surface area contributed by atoms with Gasteiger partial charge in [-0.05, 0) is 26.7 Å². The first kappa shape index (κ1) is 11.0. The summed E-state index contributed by atoms with van der Waals surface area (Å²) in [7, 11) is 0. The van der Waals surface area contributed by atoms with Crippen LogP contribution in [-0.4, -0.2) is 35.4 Å². The number of likely N-dealkylation sites (tertiary alicyclic amines) is 1. The zero-order valence-corrected chi connectivity index (χ0v) is 8.73. The molecule has 0 aromatic carbocycles. The standard InChI is InChI=1S/C9H18N4O/c1-6-3-4-7(2)13(6)5-8(14)12-9(10)11/h6-7H,3-5H2,1-2H3,(H4,10,11,12,14)/t6-,7-/m0/s1. The normalized spacial score (nSPS) is 27.6. The fourth-order valence-corrected chi connectivity index (χ4v) is 1.90. The van der Waals surface area contributed by atoms with Gasteiger partial charge < -0.3 is 11.5 Å². The maximum atomic E-state index is 11.3. The molecule has 0 spiro atoms. The van der Waals surface area contributed by atoms with Crippen molar-refractivity contribution in [3.05, 3.63) is 0 Å². The molecule has 1 aliphatic heterocycles. The number of nitrogens with two attached hydrogens (primary N) is 2. The summed E-state index contributed by atoms with van der Waals surface area (Å²) in [6, 6.07) is 0.895. The minimum atomic E-state index is -0.259. The molecular formula is C9H18N4O. The monoisotopic (exact) mass is 198 g/mol. The van der Waals surface area contributed by atoms with Crippen molar-refractivity contribution in [3.63, 3.8) is 0 Å². The van der Waals surface area contributed by atoms with E-state index in [0.717, 1.165) is 12.8 Å². The van der Waals surface area contributed by atoms with Gasteiger partial charge in [0.05, 0.1) is 6.54 Å². The van der Waals surface area contributed by atoms with E-state index in [-0.39, 0.29) is 11.9 Å². The molecule has 5 heteroatoms. The van der Waals surface area contributed by atoms with Gasteiger partial charge in [0.25, 0.3) is 5.91 Å². The highest BCUT2D eigenvalue weighted by atomic mass is 16.1. The molecule has 0 aliphatic carbocycles. The Morgan fingerprint density at radius 3 is 2.29 bits per heavy atom. The quantitative estimate of drug-likeness (QED) is 0.469. The summed E-state index contributed by atoms with van der Waals surface area (Å²) in [5, 5.41) is 0. The van der Waals surface area contributed by atoms with E-state index in [4.69, 9.17) is 11.5 Å². The van der Waals surface area contributed by atoms with Crippen molar-refractivity contribution >= 4 is 11.9 Å². The first-order chi connectivity index (χ1) is 6.50. The van der Waals surface area contributed by atoms with E-state index in [1.54, 1.807) is 0 Å². The summed E-state index contributed by atoms with van der Waals surface area (Å²) in [6.45, 7) is 4.55. The molecule has 0 saturated carbocycles. The third kappa shape index (κ3) is 2.70. The summed E-state index contributed by atoms with van der Waals surface area (Å²) in [4.78, 5) is 16.9. The fourth-order valence-electron chi connectivity index (χ4n) is 1.90. The molecule has 0 aromatic rings. The molecule has 0 bridgehead atoms. The van der Waals surface area contributed by atoms with Gasteiger partial charge in [-0.25, -0.2) is 0 Å². The van der Waals surface area contributed by atoms with Crippen molar-refractivity contribution in [1.82, 2.24) is 4.90 Å². The van der Waals surface area contributed by atoms with Gasteiger partial charge in [0.2, 0.25) is 0 Å². The fraction of sp³-hybridized carbons (Fsp3) is 0.778. The zero-order chi connectivity index (χ0) is 10.7. The van der Waals surface area contributed by atoms with Gasteiger partial charge in [-0.2, -0.15) is 4.99 Å². The van der Waals surface area contributed by atoms with Gasteiger partial charge in [-0.3, -0.25) is 9.69 Å². The van der Waals surface area contributed by atoms with Crippen molar-refractivity contribution in [2.45, 2.75) is 38.8 Å². The van der Waals surface area contributed by atoms with Gasteiger partial charge >= 0.3 is 0 Å². The Hall–Kier alpha value is -1.10. The average molecular weight is 198 g/mol. The van der Waals surface area contributed by atoms with Crippen LogP contribution in [0.1, 0.15) is 26.7 Å². The smallest absolute Gasteiger partial charge is 0.263 e. The molecule has 80 valence electrons. The van der Waals surface area contributed by atoms with Crippen LogP contribution in [0.3, 0.4) is 0 Å². The maximum absolute atomic E-state index is 11.3. The number of nitrogens with zero attached hydrogens (tertiary/aromatic N) is 2.